The van der Waals surface area contributed by atoms with E-state index >= 15 is 0 Å². The Hall–Kier alpha value is -5.23. The normalized spacial score (nSPS) is 24.0. The van der Waals surface area contributed by atoms with Gasteiger partial charge in [0.2, 0.25) is 17.7 Å². The molecule has 9 rings (SSSR count). The predicted octanol–water partition coefficient (Wildman–Crippen LogP) is 5.43. The van der Waals surface area contributed by atoms with E-state index in [1.165, 1.54) is 26.1 Å². The van der Waals surface area contributed by atoms with Crippen LogP contribution in [0.3, 0.4) is 0 Å². The average molecular weight is 950 g/mol. The molecule has 16 nitrogen and oxygen atoms in total. The van der Waals surface area contributed by atoms with Gasteiger partial charge in [-0.25, -0.2) is 10.4 Å². The SMILES string of the molecule is CCn1c(-c2cccnc2[C@H](C)OC)c2c3cc(ccc31)-c1csc(n1)C[C@H](NC(=O)[C@H](C1CCCC1)N(C)C(=O)CN(C)C(=O)[C@@H]1N[C@@H]1C1CC1)C(=O)N1CCC[C@H](N1)C(=O)OCC(C)(C)C2. The zero-order valence-electron chi connectivity index (χ0n) is 40.5. The van der Waals surface area contributed by atoms with E-state index in [4.69, 9.17) is 19.4 Å². The maximum atomic E-state index is 14.8. The Morgan fingerprint density at radius 3 is 2.59 bits per heavy atom. The van der Waals surface area contributed by atoms with Crippen LogP contribution in [0.15, 0.2) is 41.9 Å². The minimum Gasteiger partial charge on any atom is -0.464 e. The minimum atomic E-state index is -1.07. The number of hydrogen-bond acceptors (Lipinski definition) is 12. The lowest BCUT2D eigenvalue weighted by Gasteiger charge is -2.37. The van der Waals surface area contributed by atoms with Crippen molar-refractivity contribution in [1.82, 2.24) is 45.4 Å². The number of pyridine rings is 1. The molecular formula is C51H67N9O7S. The van der Waals surface area contributed by atoms with Gasteiger partial charge in [-0.15, -0.1) is 11.3 Å². The van der Waals surface area contributed by atoms with E-state index in [0.29, 0.717) is 43.3 Å². The first-order valence-corrected chi connectivity index (χ1v) is 25.4. The zero-order valence-corrected chi connectivity index (χ0v) is 41.3. The van der Waals surface area contributed by atoms with Crippen molar-refractivity contribution >= 4 is 51.8 Å². The first-order valence-electron chi connectivity index (χ1n) is 24.6. The van der Waals surface area contributed by atoms with E-state index in [0.717, 1.165) is 83.2 Å². The van der Waals surface area contributed by atoms with Crippen molar-refractivity contribution in [2.75, 3.05) is 40.9 Å². The molecule has 2 aliphatic carbocycles. The Bertz CT molecular complexity index is 2560. The highest BCUT2D eigenvalue weighted by molar-refractivity contribution is 7.10. The fourth-order valence-electron chi connectivity index (χ4n) is 10.8. The smallest absolute Gasteiger partial charge is 0.324 e. The molecule has 17 heteroatoms. The van der Waals surface area contributed by atoms with Gasteiger partial charge in [0, 0.05) is 85.8 Å². The van der Waals surface area contributed by atoms with E-state index in [1.54, 1.807) is 27.4 Å². The molecule has 6 bridgehead atoms. The van der Waals surface area contributed by atoms with Crippen molar-refractivity contribution in [3.63, 3.8) is 0 Å². The van der Waals surface area contributed by atoms with Gasteiger partial charge in [0.25, 0.3) is 5.91 Å². The molecule has 3 aromatic heterocycles. The number of likely N-dealkylation sites (N-methyl/N-ethyl adjacent to an activating group) is 2. The largest absolute Gasteiger partial charge is 0.464 e. The number of aromatic nitrogens is 3. The summed E-state index contributed by atoms with van der Waals surface area (Å²) < 4.78 is 14.3. The number of rotatable bonds is 12. The van der Waals surface area contributed by atoms with Crippen LogP contribution < -0.4 is 16.1 Å². The van der Waals surface area contributed by atoms with Gasteiger partial charge in [-0.1, -0.05) is 32.8 Å². The van der Waals surface area contributed by atoms with Crippen molar-refractivity contribution in [1.29, 1.82) is 0 Å². The van der Waals surface area contributed by atoms with Gasteiger partial charge in [-0.3, -0.25) is 39.3 Å². The number of carbonyl (C=O) groups is 5. The third-order valence-corrected chi connectivity index (χ3v) is 15.7. The lowest BCUT2D eigenvalue weighted by Crippen LogP contribution is -2.62. The molecule has 0 spiro atoms. The van der Waals surface area contributed by atoms with E-state index in [9.17, 15) is 24.0 Å². The van der Waals surface area contributed by atoms with Crippen LogP contribution in [0.1, 0.15) is 101 Å². The summed E-state index contributed by atoms with van der Waals surface area (Å²) in [5.41, 5.74) is 9.33. The molecule has 5 aliphatic rings. The minimum absolute atomic E-state index is 0.0882. The van der Waals surface area contributed by atoms with Gasteiger partial charge in [0.1, 0.15) is 24.2 Å². The first-order chi connectivity index (χ1) is 32.7. The Morgan fingerprint density at radius 2 is 1.85 bits per heavy atom. The number of hydrogen-bond donors (Lipinski definition) is 3. The summed E-state index contributed by atoms with van der Waals surface area (Å²) in [6.07, 6.45) is 8.83. The van der Waals surface area contributed by atoms with Gasteiger partial charge in [-0.05, 0) is 100 Å². The summed E-state index contributed by atoms with van der Waals surface area (Å²) in [6, 6.07) is 7.65. The summed E-state index contributed by atoms with van der Waals surface area (Å²) in [5.74, 6) is -1.33. The number of nitrogens with zero attached hydrogens (tertiary/aromatic N) is 6. The van der Waals surface area contributed by atoms with Crippen molar-refractivity contribution in [3.05, 3.63) is 58.2 Å². The molecule has 3 N–H and O–H groups in total. The maximum absolute atomic E-state index is 14.8. The monoisotopic (exact) mass is 949 g/mol. The molecule has 0 radical (unpaired) electrons. The van der Waals surface area contributed by atoms with Crippen LogP contribution in [0.4, 0.5) is 0 Å². The van der Waals surface area contributed by atoms with Crippen molar-refractivity contribution in [2.24, 2.45) is 17.3 Å². The van der Waals surface area contributed by atoms with Crippen LogP contribution in [-0.2, 0) is 52.8 Å². The van der Waals surface area contributed by atoms with Crippen LogP contribution in [-0.4, -0.2) is 130 Å². The van der Waals surface area contributed by atoms with Crippen molar-refractivity contribution in [3.8, 4) is 22.5 Å². The molecule has 6 atom stereocenters. The summed E-state index contributed by atoms with van der Waals surface area (Å²) >= 11 is 1.42. The lowest BCUT2D eigenvalue weighted by molar-refractivity contribution is -0.155. The van der Waals surface area contributed by atoms with Crippen molar-refractivity contribution < 1.29 is 33.4 Å². The molecule has 1 aromatic carbocycles. The fraction of sp³-hybridized carbons (Fsp3) is 0.588. The summed E-state index contributed by atoms with van der Waals surface area (Å²) in [6.45, 7) is 9.34. The van der Waals surface area contributed by atoms with E-state index in [-0.39, 0.29) is 55.5 Å². The van der Waals surface area contributed by atoms with Gasteiger partial charge in [0.05, 0.1) is 41.3 Å². The average Bonchev–Trinajstić information content (AvgIpc) is 4.20. The zero-order chi connectivity index (χ0) is 48.0. The summed E-state index contributed by atoms with van der Waals surface area (Å²) in [4.78, 5) is 83.6. The Labute approximate surface area is 402 Å². The lowest BCUT2D eigenvalue weighted by atomic mass is 9.84. The molecule has 68 heavy (non-hydrogen) atoms. The molecule has 3 aliphatic heterocycles. The topological polar surface area (TPSA) is 190 Å². The third-order valence-electron chi connectivity index (χ3n) is 14.8. The van der Waals surface area contributed by atoms with Crippen LogP contribution in [0.5, 0.6) is 0 Å². The first kappa shape index (κ1) is 47.8. The number of thiazole rings is 1. The van der Waals surface area contributed by atoms with Crippen LogP contribution in [0, 0.1) is 17.3 Å². The van der Waals surface area contributed by atoms with Crippen molar-refractivity contribution in [2.45, 2.75) is 135 Å². The second kappa shape index (κ2) is 19.6. The number of benzene rings is 1. The number of esters is 1. The highest BCUT2D eigenvalue weighted by Gasteiger charge is 2.52. The molecular weight excluding hydrogens is 883 g/mol. The molecule has 4 fully saturated rings. The van der Waals surface area contributed by atoms with Crippen LogP contribution in [0.25, 0.3) is 33.4 Å². The molecule has 2 saturated carbocycles. The number of amides is 4. The third kappa shape index (κ3) is 9.81. The Kier molecular flexibility index (Phi) is 13.8. The fourth-order valence-corrected chi connectivity index (χ4v) is 11.7. The maximum Gasteiger partial charge on any atom is 0.324 e. The summed E-state index contributed by atoms with van der Waals surface area (Å²) in [7, 11) is 4.95. The van der Waals surface area contributed by atoms with E-state index < -0.39 is 41.3 Å². The van der Waals surface area contributed by atoms with Crippen LogP contribution >= 0.6 is 11.3 Å². The number of nitrogens with one attached hydrogen (secondary N) is 3. The Balaban J connectivity index is 1.05. The number of aryl methyl sites for hydroxylation is 1. The van der Waals surface area contributed by atoms with E-state index in [2.05, 4.69) is 65.7 Å². The van der Waals surface area contributed by atoms with Crippen LogP contribution in [0.2, 0.25) is 0 Å². The standard InChI is InChI=1S/C51H67N9O7S/c1-8-59-39-20-19-32-23-34(39)35(46(59)33-15-11-21-52-42(33)29(2)66-7)25-51(3,4)28-67-50(65)36-16-12-22-60(56-36)48(63)37(24-40-53-38(32)27-68-40)54-47(62)45(31-13-9-10-14-31)58(6)41(61)26-57(5)49(64)44-43(55-44)30-17-18-30/h11,15,19-21,23,27,29-31,36-37,43-45,55-56H,8-10,12-14,16-18,22,24-26,28H2,1-7H3,(H,54,62)/t29-,36-,37-,43+,44+,45-/m0/s1. The molecule has 364 valence electrons. The molecule has 4 amide bonds. The molecule has 6 heterocycles. The number of fused-ring (bicyclic) bond motifs is 6. The van der Waals surface area contributed by atoms with Gasteiger partial charge in [-0.2, -0.15) is 0 Å². The number of ether oxygens (including phenoxy) is 2. The second-order valence-electron chi connectivity index (χ2n) is 20.5. The Morgan fingerprint density at radius 1 is 1.07 bits per heavy atom. The molecule has 2 saturated heterocycles. The molecule has 4 aromatic rings. The highest BCUT2D eigenvalue weighted by atomic mass is 32.1. The predicted molar refractivity (Wildman–Crippen MR) is 259 cm³/mol. The van der Waals surface area contributed by atoms with E-state index in [1.807, 2.05) is 18.4 Å². The number of carbonyl (C=O) groups excluding carboxylic acids is 5. The number of hydrazine groups is 1. The van der Waals surface area contributed by atoms with Gasteiger partial charge in [0.15, 0.2) is 0 Å². The quantitative estimate of drug-likeness (QED) is 0.121. The highest BCUT2D eigenvalue weighted by Crippen LogP contribution is 2.43. The number of cyclic esters (lactones) is 1. The summed E-state index contributed by atoms with van der Waals surface area (Å²) in [5, 5.41) is 11.5. The number of methoxy groups -OCH3 is 1. The van der Waals surface area contributed by atoms with Gasteiger partial charge >= 0.3 is 5.97 Å². The van der Waals surface area contributed by atoms with Gasteiger partial charge < -0.3 is 29.2 Å². The second-order valence-corrected chi connectivity index (χ2v) is 21.4. The molecule has 0 unspecified atom stereocenters.